The fraction of sp³-hybridized carbons (Fsp3) is 0.480. The minimum absolute atomic E-state index is 0.103. The molecule has 5 nitrogen and oxygen atoms in total. The highest BCUT2D eigenvalue weighted by atomic mass is 19.4. The molecule has 1 fully saturated rings. The second-order valence-corrected chi connectivity index (χ2v) is 9.20. The summed E-state index contributed by atoms with van der Waals surface area (Å²) in [6.45, 7) is 6.50. The topological polar surface area (TPSA) is 44.8 Å². The minimum atomic E-state index is -4.41. The Morgan fingerprint density at radius 2 is 1.97 bits per heavy atom. The van der Waals surface area contributed by atoms with Gasteiger partial charge in [0, 0.05) is 43.6 Å². The van der Waals surface area contributed by atoms with E-state index in [9.17, 15) is 18.0 Å². The van der Waals surface area contributed by atoms with Crippen LogP contribution in [0.15, 0.2) is 42.5 Å². The lowest BCUT2D eigenvalue weighted by molar-refractivity contribution is -0.137. The largest absolute Gasteiger partial charge is 0.497 e. The van der Waals surface area contributed by atoms with Crippen molar-refractivity contribution in [2.75, 3.05) is 43.1 Å². The molecule has 2 atom stereocenters. The zero-order chi connectivity index (χ0) is 23.8. The van der Waals surface area contributed by atoms with E-state index >= 15 is 0 Å². The smallest absolute Gasteiger partial charge is 0.416 e. The van der Waals surface area contributed by atoms with Crippen LogP contribution in [-0.4, -0.2) is 45.2 Å². The molecule has 0 saturated carbocycles. The second-order valence-electron chi connectivity index (χ2n) is 9.20. The maximum Gasteiger partial charge on any atom is 0.416 e. The first-order valence-corrected chi connectivity index (χ1v) is 11.3. The van der Waals surface area contributed by atoms with Gasteiger partial charge in [-0.15, -0.1) is 0 Å². The molecule has 2 unspecified atom stereocenters. The first kappa shape index (κ1) is 23.3. The van der Waals surface area contributed by atoms with E-state index in [-0.39, 0.29) is 24.3 Å². The lowest BCUT2D eigenvalue weighted by atomic mass is 9.82. The summed E-state index contributed by atoms with van der Waals surface area (Å²) in [5.41, 5.74) is 1.72. The fourth-order valence-corrected chi connectivity index (χ4v) is 4.78. The Bertz CT molecular complexity index is 1010. The van der Waals surface area contributed by atoms with Crippen LogP contribution < -0.4 is 19.9 Å². The number of anilines is 2. The molecule has 33 heavy (non-hydrogen) atoms. The number of amides is 1. The van der Waals surface area contributed by atoms with Crippen LogP contribution in [0.3, 0.4) is 0 Å². The van der Waals surface area contributed by atoms with Gasteiger partial charge in [0.2, 0.25) is 5.91 Å². The molecule has 4 rings (SSSR count). The Hall–Kier alpha value is -2.90. The van der Waals surface area contributed by atoms with Gasteiger partial charge in [0.05, 0.1) is 24.6 Å². The van der Waals surface area contributed by atoms with Gasteiger partial charge in [-0.1, -0.05) is 19.9 Å². The molecule has 0 spiro atoms. The molecule has 1 N–H and O–H groups in total. The van der Waals surface area contributed by atoms with Gasteiger partial charge in [-0.05, 0) is 48.2 Å². The Morgan fingerprint density at radius 3 is 2.67 bits per heavy atom. The quantitative estimate of drug-likeness (QED) is 0.719. The van der Waals surface area contributed by atoms with Crippen molar-refractivity contribution in [3.63, 3.8) is 0 Å². The Kier molecular flexibility index (Phi) is 6.45. The lowest BCUT2D eigenvalue weighted by Crippen LogP contribution is -2.61. The summed E-state index contributed by atoms with van der Waals surface area (Å²) in [7, 11) is 1.62. The maximum atomic E-state index is 13.3. The predicted molar refractivity (Wildman–Crippen MR) is 123 cm³/mol. The summed E-state index contributed by atoms with van der Waals surface area (Å²) in [5, 5.41) is 3.01. The van der Waals surface area contributed by atoms with Gasteiger partial charge in [0.15, 0.2) is 0 Å². The molecule has 2 heterocycles. The zero-order valence-corrected chi connectivity index (χ0v) is 19.2. The molecule has 0 radical (unpaired) electrons. The van der Waals surface area contributed by atoms with Crippen molar-refractivity contribution < 1.29 is 22.7 Å². The first-order chi connectivity index (χ1) is 15.7. The molecular formula is C25H30F3N3O2. The molecule has 1 amide bonds. The Labute approximate surface area is 192 Å². The molecule has 1 saturated heterocycles. The van der Waals surface area contributed by atoms with Crippen LogP contribution in [0.2, 0.25) is 0 Å². The Morgan fingerprint density at radius 1 is 1.18 bits per heavy atom. The Balaban J connectivity index is 1.66. The van der Waals surface area contributed by atoms with Gasteiger partial charge >= 0.3 is 6.18 Å². The predicted octanol–water partition coefficient (Wildman–Crippen LogP) is 4.35. The number of hydrogen-bond donors (Lipinski definition) is 1. The number of nitrogens with one attached hydrogen (secondary N) is 1. The highest BCUT2D eigenvalue weighted by molar-refractivity contribution is 5.82. The number of halogens is 3. The van der Waals surface area contributed by atoms with Gasteiger partial charge in [-0.2, -0.15) is 13.2 Å². The number of methoxy groups -OCH3 is 1. The van der Waals surface area contributed by atoms with E-state index in [2.05, 4.69) is 15.1 Å². The lowest BCUT2D eigenvalue weighted by Gasteiger charge is -2.49. The van der Waals surface area contributed by atoms with E-state index in [0.29, 0.717) is 31.7 Å². The third kappa shape index (κ3) is 4.89. The van der Waals surface area contributed by atoms with E-state index in [0.717, 1.165) is 23.2 Å². The van der Waals surface area contributed by atoms with Crippen LogP contribution in [0.1, 0.15) is 25.0 Å². The minimum Gasteiger partial charge on any atom is -0.497 e. The number of nitrogens with zero attached hydrogens (tertiary/aromatic N) is 2. The monoisotopic (exact) mass is 461 g/mol. The van der Waals surface area contributed by atoms with Gasteiger partial charge in [-0.3, -0.25) is 4.79 Å². The molecule has 2 aromatic rings. The van der Waals surface area contributed by atoms with Crippen molar-refractivity contribution in [2.45, 2.75) is 32.5 Å². The van der Waals surface area contributed by atoms with Crippen LogP contribution in [0, 0.1) is 11.8 Å². The number of rotatable bonds is 5. The molecule has 0 bridgehead atoms. The van der Waals surface area contributed by atoms with Gasteiger partial charge in [0.1, 0.15) is 5.75 Å². The number of hydrogen-bond acceptors (Lipinski definition) is 4. The van der Waals surface area contributed by atoms with E-state index in [1.807, 2.05) is 38.1 Å². The molecule has 8 heteroatoms. The molecule has 0 aromatic heterocycles. The zero-order valence-electron chi connectivity index (χ0n) is 19.2. The highest BCUT2D eigenvalue weighted by Crippen LogP contribution is 2.40. The second kappa shape index (κ2) is 9.15. The summed E-state index contributed by atoms with van der Waals surface area (Å²) >= 11 is 0. The van der Waals surface area contributed by atoms with E-state index in [4.69, 9.17) is 4.74 Å². The molecule has 2 aromatic carbocycles. The van der Waals surface area contributed by atoms with Crippen LogP contribution in [0.4, 0.5) is 24.5 Å². The third-order valence-corrected chi connectivity index (χ3v) is 6.48. The molecule has 2 aliphatic heterocycles. The van der Waals surface area contributed by atoms with Gasteiger partial charge in [0.25, 0.3) is 0 Å². The average molecular weight is 462 g/mol. The number of carbonyl (C=O) groups excluding carboxylic acids is 1. The average Bonchev–Trinajstić information content (AvgIpc) is 2.80. The molecule has 2 aliphatic rings. The van der Waals surface area contributed by atoms with Crippen LogP contribution >= 0.6 is 0 Å². The summed E-state index contributed by atoms with van der Waals surface area (Å²) in [4.78, 5) is 17.5. The number of benzene rings is 2. The van der Waals surface area contributed by atoms with Gasteiger partial charge in [-0.25, -0.2) is 0 Å². The van der Waals surface area contributed by atoms with Crippen molar-refractivity contribution in [2.24, 2.45) is 11.8 Å². The van der Waals surface area contributed by atoms with Crippen molar-refractivity contribution in [1.29, 1.82) is 0 Å². The van der Waals surface area contributed by atoms with Crippen molar-refractivity contribution in [1.82, 2.24) is 5.32 Å². The van der Waals surface area contributed by atoms with E-state index in [1.165, 1.54) is 6.07 Å². The molecule has 0 aliphatic carbocycles. The normalized spacial score (nSPS) is 20.3. The summed E-state index contributed by atoms with van der Waals surface area (Å²) < 4.78 is 45.4. The number of piperazine rings is 1. The highest BCUT2D eigenvalue weighted by Gasteiger charge is 2.42. The summed E-state index contributed by atoms with van der Waals surface area (Å²) in [5.74, 6) is 0.509. The number of carbonyl (C=O) groups is 1. The van der Waals surface area contributed by atoms with Gasteiger partial charge < -0.3 is 19.9 Å². The number of ether oxygens (including phenoxy) is 1. The van der Waals surface area contributed by atoms with Crippen LogP contribution in [0.25, 0.3) is 0 Å². The summed E-state index contributed by atoms with van der Waals surface area (Å²) in [6, 6.07) is 11.6. The van der Waals surface area contributed by atoms with Crippen molar-refractivity contribution in [3.8, 4) is 5.75 Å². The van der Waals surface area contributed by atoms with Crippen molar-refractivity contribution >= 4 is 17.3 Å². The van der Waals surface area contributed by atoms with Crippen LogP contribution in [0.5, 0.6) is 5.75 Å². The maximum absolute atomic E-state index is 13.3. The molecule has 178 valence electrons. The first-order valence-electron chi connectivity index (χ1n) is 11.3. The number of fused-ring (bicyclic) bond motifs is 3. The SMILES string of the molecule is COc1cccc(N2CCN3c4ccc(C(F)(F)F)cc4CC(C(=O)NCC(C)C)C3C2)c1. The summed E-state index contributed by atoms with van der Waals surface area (Å²) in [6.07, 6.45) is -4.12. The number of alkyl halides is 3. The van der Waals surface area contributed by atoms with E-state index in [1.54, 1.807) is 13.2 Å². The van der Waals surface area contributed by atoms with E-state index < -0.39 is 17.7 Å². The van der Waals surface area contributed by atoms with Crippen molar-refractivity contribution in [3.05, 3.63) is 53.6 Å². The third-order valence-electron chi connectivity index (χ3n) is 6.48. The standard InChI is InChI=1S/C25H30F3N3O2/c1-16(2)14-29-24(32)21-12-17-11-18(25(26,27)28)7-8-22(17)31-10-9-30(15-23(21)31)19-5-4-6-20(13-19)33-3/h4-8,11,13,16,21,23H,9-10,12,14-15H2,1-3H3,(H,29,32). The van der Waals surface area contributed by atoms with Crippen LogP contribution in [-0.2, 0) is 17.4 Å². The molecular weight excluding hydrogens is 431 g/mol. The fourth-order valence-electron chi connectivity index (χ4n) is 4.78.